The highest BCUT2D eigenvalue weighted by Gasteiger charge is 2.14. The normalized spacial score (nSPS) is 10.5. The van der Waals surface area contributed by atoms with Gasteiger partial charge in [-0.15, -0.1) is 0 Å². The van der Waals surface area contributed by atoms with E-state index >= 15 is 0 Å². The predicted molar refractivity (Wildman–Crippen MR) is 93.3 cm³/mol. The van der Waals surface area contributed by atoms with Gasteiger partial charge in [0.25, 0.3) is 11.6 Å². The summed E-state index contributed by atoms with van der Waals surface area (Å²) in [4.78, 5) is 26.9. The molecular weight excluding hydrogens is 350 g/mol. The molecule has 25 heavy (non-hydrogen) atoms. The van der Waals surface area contributed by atoms with Crippen LogP contribution >= 0.6 is 11.6 Å². The molecule has 0 radical (unpaired) electrons. The van der Waals surface area contributed by atoms with Gasteiger partial charge in [-0.2, -0.15) is 0 Å². The van der Waals surface area contributed by atoms with Crippen molar-refractivity contribution in [2.75, 3.05) is 19.0 Å². The second-order valence-electron chi connectivity index (χ2n) is 4.72. The van der Waals surface area contributed by atoms with Crippen LogP contribution in [-0.2, 0) is 9.63 Å². The van der Waals surface area contributed by atoms with E-state index in [1.807, 2.05) is 12.1 Å². The van der Waals surface area contributed by atoms with Crippen LogP contribution in [0.3, 0.4) is 0 Å². The number of methoxy groups -OCH3 is 1. The second-order valence-corrected chi connectivity index (χ2v) is 5.13. The number of nitro benzene ring substituents is 1. The molecule has 0 fully saturated rings. The van der Waals surface area contributed by atoms with Gasteiger partial charge in [-0.3, -0.25) is 14.9 Å². The van der Waals surface area contributed by atoms with Gasteiger partial charge < -0.3 is 14.9 Å². The number of carbonyl (C=O) groups is 1. The Labute approximate surface area is 148 Å². The molecule has 0 unspecified atom stereocenters. The van der Waals surface area contributed by atoms with Crippen molar-refractivity contribution in [3.05, 3.63) is 63.2 Å². The van der Waals surface area contributed by atoms with E-state index in [0.717, 1.165) is 0 Å². The van der Waals surface area contributed by atoms with Crippen LogP contribution in [0.4, 0.5) is 11.4 Å². The summed E-state index contributed by atoms with van der Waals surface area (Å²) in [5.74, 6) is 0.0987. The number of nitrogens with zero attached hydrogens (tertiary/aromatic N) is 2. The number of amides is 1. The van der Waals surface area contributed by atoms with Gasteiger partial charge >= 0.3 is 0 Å². The minimum absolute atomic E-state index is 0.0133. The van der Waals surface area contributed by atoms with Crippen molar-refractivity contribution in [3.63, 3.8) is 0 Å². The van der Waals surface area contributed by atoms with Gasteiger partial charge in [0.05, 0.1) is 18.2 Å². The van der Waals surface area contributed by atoms with E-state index in [4.69, 9.17) is 21.2 Å². The highest BCUT2D eigenvalue weighted by atomic mass is 35.5. The van der Waals surface area contributed by atoms with E-state index in [-0.39, 0.29) is 23.0 Å². The van der Waals surface area contributed by atoms with E-state index in [9.17, 15) is 14.9 Å². The quantitative estimate of drug-likeness (QED) is 0.462. The summed E-state index contributed by atoms with van der Waals surface area (Å²) in [7, 11) is 1.53. The van der Waals surface area contributed by atoms with Crippen molar-refractivity contribution in [3.8, 4) is 5.75 Å². The summed E-state index contributed by atoms with van der Waals surface area (Å²) in [6.45, 7) is -0.359. The Morgan fingerprint density at radius 3 is 2.84 bits per heavy atom. The molecule has 0 spiro atoms. The lowest BCUT2D eigenvalue weighted by atomic mass is 10.2. The van der Waals surface area contributed by atoms with E-state index in [1.165, 1.54) is 31.5 Å². The number of halogens is 1. The topological polar surface area (TPSA) is 103 Å². The van der Waals surface area contributed by atoms with Crippen LogP contribution in [0.15, 0.2) is 47.6 Å². The van der Waals surface area contributed by atoms with E-state index in [1.54, 1.807) is 12.1 Å². The number of benzene rings is 2. The summed E-state index contributed by atoms with van der Waals surface area (Å²) in [6, 6.07) is 11.1. The van der Waals surface area contributed by atoms with Crippen molar-refractivity contribution in [1.82, 2.24) is 0 Å². The summed E-state index contributed by atoms with van der Waals surface area (Å²) >= 11 is 5.70. The first-order chi connectivity index (χ1) is 12.0. The molecular formula is C16H14ClN3O5. The predicted octanol–water partition coefficient (Wildman–Crippen LogP) is 3.25. The molecule has 2 rings (SSSR count). The maximum atomic E-state index is 11.8. The molecule has 0 atom stereocenters. The van der Waals surface area contributed by atoms with Gasteiger partial charge in [0.2, 0.25) is 0 Å². The average molecular weight is 364 g/mol. The van der Waals surface area contributed by atoms with Gasteiger partial charge in [0.1, 0.15) is 10.8 Å². The third-order valence-electron chi connectivity index (χ3n) is 3.03. The van der Waals surface area contributed by atoms with Crippen LogP contribution in [-0.4, -0.2) is 30.8 Å². The summed E-state index contributed by atoms with van der Waals surface area (Å²) < 4.78 is 5.15. The summed E-state index contributed by atoms with van der Waals surface area (Å²) in [5.41, 5.74) is 0.631. The number of nitrogens with one attached hydrogen (secondary N) is 1. The molecule has 0 aromatic heterocycles. The molecule has 0 aliphatic rings. The maximum absolute atomic E-state index is 11.8. The number of nitro groups is 1. The van der Waals surface area contributed by atoms with Crippen molar-refractivity contribution in [1.29, 1.82) is 0 Å². The fraction of sp³-hybridized carbons (Fsp3) is 0.125. The third-order valence-corrected chi connectivity index (χ3v) is 3.35. The van der Waals surface area contributed by atoms with E-state index in [2.05, 4.69) is 10.5 Å². The van der Waals surface area contributed by atoms with E-state index < -0.39 is 10.8 Å². The fourth-order valence-corrected chi connectivity index (χ4v) is 2.08. The van der Waals surface area contributed by atoms with Crippen molar-refractivity contribution in [2.45, 2.75) is 0 Å². The second kappa shape index (κ2) is 8.65. The number of ether oxygens (including phenoxy) is 1. The lowest BCUT2D eigenvalue weighted by Crippen LogP contribution is -2.17. The minimum Gasteiger partial charge on any atom is -0.496 e. The zero-order chi connectivity index (χ0) is 18.2. The van der Waals surface area contributed by atoms with Crippen molar-refractivity contribution in [2.24, 2.45) is 5.16 Å². The molecule has 1 N–H and O–H groups in total. The van der Waals surface area contributed by atoms with Gasteiger partial charge in [0, 0.05) is 17.3 Å². The number of carbonyl (C=O) groups excluding carboxylic acids is 1. The average Bonchev–Trinajstić information content (AvgIpc) is 2.60. The SMILES string of the molecule is COc1ccccc1/C=N\OCC(=O)Nc1ccc(Cl)c([N+](=O)[O-])c1. The number of hydrogen-bond donors (Lipinski definition) is 1. The monoisotopic (exact) mass is 363 g/mol. The molecule has 8 nitrogen and oxygen atoms in total. The molecule has 9 heteroatoms. The summed E-state index contributed by atoms with van der Waals surface area (Å²) in [6.07, 6.45) is 1.42. The molecule has 0 saturated carbocycles. The highest BCUT2D eigenvalue weighted by molar-refractivity contribution is 6.32. The van der Waals surface area contributed by atoms with Crippen LogP contribution in [0.1, 0.15) is 5.56 Å². The standard InChI is InChI=1S/C16H14ClN3O5/c1-24-15-5-3-2-4-11(15)9-18-25-10-16(21)19-12-6-7-13(17)14(8-12)20(22)23/h2-9H,10H2,1H3,(H,19,21)/b18-9-. The van der Waals surface area contributed by atoms with Crippen LogP contribution < -0.4 is 10.1 Å². The Morgan fingerprint density at radius 1 is 1.36 bits per heavy atom. The first-order valence-electron chi connectivity index (χ1n) is 7.03. The Kier molecular flexibility index (Phi) is 6.30. The van der Waals surface area contributed by atoms with Crippen LogP contribution in [0, 0.1) is 10.1 Å². The van der Waals surface area contributed by atoms with Gasteiger partial charge in [0.15, 0.2) is 6.61 Å². The number of hydrogen-bond acceptors (Lipinski definition) is 6. The zero-order valence-corrected chi connectivity index (χ0v) is 13.9. The number of oxime groups is 1. The summed E-state index contributed by atoms with van der Waals surface area (Å²) in [5, 5.41) is 17.0. The Balaban J connectivity index is 1.90. The maximum Gasteiger partial charge on any atom is 0.289 e. The minimum atomic E-state index is -0.633. The first-order valence-corrected chi connectivity index (χ1v) is 7.41. The molecule has 1 amide bonds. The van der Waals surface area contributed by atoms with Crippen molar-refractivity contribution < 1.29 is 19.3 Å². The smallest absolute Gasteiger partial charge is 0.289 e. The molecule has 2 aromatic rings. The Hall–Kier alpha value is -3.13. The van der Waals surface area contributed by atoms with E-state index in [0.29, 0.717) is 11.3 Å². The number of rotatable bonds is 7. The number of para-hydroxylation sites is 1. The molecule has 0 aliphatic heterocycles. The molecule has 130 valence electrons. The lowest BCUT2D eigenvalue weighted by Gasteiger charge is -2.05. The fourth-order valence-electron chi connectivity index (χ4n) is 1.89. The lowest BCUT2D eigenvalue weighted by molar-refractivity contribution is -0.384. The zero-order valence-electron chi connectivity index (χ0n) is 13.1. The Morgan fingerprint density at radius 2 is 2.12 bits per heavy atom. The molecule has 0 saturated heterocycles. The molecule has 0 bridgehead atoms. The molecule has 2 aromatic carbocycles. The van der Waals surface area contributed by atoms with Gasteiger partial charge in [-0.25, -0.2) is 0 Å². The molecule has 0 aliphatic carbocycles. The van der Waals surface area contributed by atoms with Gasteiger partial charge in [-0.05, 0) is 24.3 Å². The van der Waals surface area contributed by atoms with Crippen LogP contribution in [0.2, 0.25) is 5.02 Å². The third kappa shape index (κ3) is 5.18. The Bertz CT molecular complexity index is 810. The van der Waals surface area contributed by atoms with Crippen molar-refractivity contribution >= 4 is 35.1 Å². The van der Waals surface area contributed by atoms with Gasteiger partial charge in [-0.1, -0.05) is 28.9 Å². The number of anilines is 1. The first kappa shape index (κ1) is 18.2. The molecule has 0 heterocycles. The van der Waals surface area contributed by atoms with Crippen LogP contribution in [0.5, 0.6) is 5.75 Å². The van der Waals surface area contributed by atoms with Crippen LogP contribution in [0.25, 0.3) is 0 Å². The highest BCUT2D eigenvalue weighted by Crippen LogP contribution is 2.27. The largest absolute Gasteiger partial charge is 0.496 e.